The van der Waals surface area contributed by atoms with Crippen LogP contribution in [0.1, 0.15) is 18.1 Å². The molecule has 6 heteroatoms. The van der Waals surface area contributed by atoms with Crippen LogP contribution >= 0.6 is 0 Å². The first-order chi connectivity index (χ1) is 13.0. The van der Waals surface area contributed by atoms with Crippen molar-refractivity contribution in [3.63, 3.8) is 0 Å². The highest BCUT2D eigenvalue weighted by Crippen LogP contribution is 2.08. The van der Waals surface area contributed by atoms with Crippen LogP contribution in [0.5, 0.6) is 0 Å². The number of nitrogens with two attached hydrogens (primary N) is 1. The highest BCUT2D eigenvalue weighted by atomic mass is 16.5. The van der Waals surface area contributed by atoms with Crippen LogP contribution < -0.4 is 11.1 Å². The van der Waals surface area contributed by atoms with E-state index in [0.717, 1.165) is 11.1 Å². The van der Waals surface area contributed by atoms with Gasteiger partial charge in [-0.3, -0.25) is 4.79 Å². The summed E-state index contributed by atoms with van der Waals surface area (Å²) < 4.78 is 10.5. The van der Waals surface area contributed by atoms with E-state index >= 15 is 0 Å². The van der Waals surface area contributed by atoms with Crippen molar-refractivity contribution in [3.05, 3.63) is 71.8 Å². The van der Waals surface area contributed by atoms with Crippen molar-refractivity contribution >= 4 is 11.9 Å². The van der Waals surface area contributed by atoms with Crippen LogP contribution in [0.4, 0.5) is 0 Å². The Kier molecular flexibility index (Phi) is 7.98. The van der Waals surface area contributed by atoms with Gasteiger partial charge in [0, 0.05) is 6.42 Å². The second-order valence-electron chi connectivity index (χ2n) is 6.30. The zero-order chi connectivity index (χ0) is 19.6. The zero-order valence-corrected chi connectivity index (χ0v) is 15.6. The maximum absolute atomic E-state index is 12.5. The molecule has 0 aliphatic heterocycles. The highest BCUT2D eigenvalue weighted by molar-refractivity contribution is 5.87. The lowest BCUT2D eigenvalue weighted by molar-refractivity contribution is -0.145. The monoisotopic (exact) mass is 370 g/mol. The first-order valence-electron chi connectivity index (χ1n) is 8.84. The van der Waals surface area contributed by atoms with Crippen LogP contribution in [0.3, 0.4) is 0 Å². The summed E-state index contributed by atoms with van der Waals surface area (Å²) in [4.78, 5) is 24.5. The van der Waals surface area contributed by atoms with Gasteiger partial charge in [-0.05, 0) is 18.1 Å². The molecular weight excluding hydrogens is 344 g/mol. The summed E-state index contributed by atoms with van der Waals surface area (Å²) in [7, 11) is 1.29. The Labute approximate surface area is 159 Å². The molecule has 3 N–H and O–H groups in total. The summed E-state index contributed by atoms with van der Waals surface area (Å²) in [5.41, 5.74) is 7.93. The van der Waals surface area contributed by atoms with E-state index < -0.39 is 30.1 Å². The second kappa shape index (κ2) is 10.4. The molecule has 0 saturated heterocycles. The van der Waals surface area contributed by atoms with E-state index in [-0.39, 0.29) is 0 Å². The Hall–Kier alpha value is -2.70. The molecule has 0 heterocycles. The van der Waals surface area contributed by atoms with Gasteiger partial charge in [0.15, 0.2) is 0 Å². The van der Waals surface area contributed by atoms with E-state index in [9.17, 15) is 9.59 Å². The van der Waals surface area contributed by atoms with Gasteiger partial charge in [0.1, 0.15) is 12.1 Å². The van der Waals surface area contributed by atoms with Crippen molar-refractivity contribution in [2.24, 2.45) is 5.73 Å². The predicted octanol–water partition coefficient (Wildman–Crippen LogP) is 1.82. The van der Waals surface area contributed by atoms with E-state index in [4.69, 9.17) is 15.2 Å². The Morgan fingerprint density at radius 3 is 2.11 bits per heavy atom. The van der Waals surface area contributed by atoms with Crippen LogP contribution in [0.25, 0.3) is 0 Å². The first kappa shape index (κ1) is 20.6. The van der Waals surface area contributed by atoms with Gasteiger partial charge in [0.2, 0.25) is 5.91 Å². The van der Waals surface area contributed by atoms with Gasteiger partial charge in [0.05, 0.1) is 19.8 Å². The number of amides is 1. The van der Waals surface area contributed by atoms with Gasteiger partial charge in [0.25, 0.3) is 0 Å². The average Bonchev–Trinajstić information content (AvgIpc) is 2.71. The van der Waals surface area contributed by atoms with Crippen LogP contribution in [0.2, 0.25) is 0 Å². The maximum atomic E-state index is 12.5. The number of carbonyl (C=O) groups excluding carboxylic acids is 2. The largest absolute Gasteiger partial charge is 0.467 e. The number of ether oxygens (including phenoxy) is 2. The Balaban J connectivity index is 1.93. The van der Waals surface area contributed by atoms with Gasteiger partial charge in [-0.1, -0.05) is 60.7 Å². The fraction of sp³-hybridized carbons (Fsp3) is 0.333. The zero-order valence-electron chi connectivity index (χ0n) is 15.6. The van der Waals surface area contributed by atoms with Crippen molar-refractivity contribution in [1.82, 2.24) is 5.32 Å². The van der Waals surface area contributed by atoms with Crippen molar-refractivity contribution < 1.29 is 19.1 Å². The molecule has 0 aromatic heterocycles. The van der Waals surface area contributed by atoms with Gasteiger partial charge in [-0.25, -0.2) is 4.79 Å². The third kappa shape index (κ3) is 6.51. The summed E-state index contributed by atoms with van der Waals surface area (Å²) in [5.74, 6) is -0.973. The molecular formula is C21H26N2O4. The lowest BCUT2D eigenvalue weighted by Crippen LogP contribution is -2.53. The molecule has 2 aromatic rings. The smallest absolute Gasteiger partial charge is 0.328 e. The number of hydrogen-bond acceptors (Lipinski definition) is 5. The molecule has 0 bridgehead atoms. The normalized spacial score (nSPS) is 14.0. The summed E-state index contributed by atoms with van der Waals surface area (Å²) in [6.07, 6.45) is -0.189. The van der Waals surface area contributed by atoms with E-state index in [1.165, 1.54) is 7.11 Å². The predicted molar refractivity (Wildman–Crippen MR) is 103 cm³/mol. The fourth-order valence-corrected chi connectivity index (χ4v) is 2.57. The molecule has 0 aliphatic rings. The summed E-state index contributed by atoms with van der Waals surface area (Å²) in [6, 6.07) is 17.3. The minimum absolute atomic E-state index is 0.325. The number of rotatable bonds is 9. The Morgan fingerprint density at radius 2 is 1.56 bits per heavy atom. The van der Waals surface area contributed by atoms with Crippen molar-refractivity contribution in [2.75, 3.05) is 7.11 Å². The Morgan fingerprint density at radius 1 is 1.00 bits per heavy atom. The number of benzene rings is 2. The van der Waals surface area contributed by atoms with E-state index in [1.807, 2.05) is 60.7 Å². The number of carbonyl (C=O) groups is 2. The van der Waals surface area contributed by atoms with Crippen LogP contribution in [-0.4, -0.2) is 37.2 Å². The molecule has 0 radical (unpaired) electrons. The van der Waals surface area contributed by atoms with Crippen LogP contribution in [0, 0.1) is 0 Å². The molecule has 2 rings (SSSR count). The first-order valence-corrected chi connectivity index (χ1v) is 8.84. The Bertz CT molecular complexity index is 721. The molecule has 0 unspecified atom stereocenters. The summed E-state index contributed by atoms with van der Waals surface area (Å²) in [5, 5.41) is 2.68. The van der Waals surface area contributed by atoms with E-state index in [2.05, 4.69) is 5.32 Å². The number of methoxy groups -OCH3 is 1. The number of nitrogens with one attached hydrogen (secondary N) is 1. The summed E-state index contributed by atoms with van der Waals surface area (Å²) in [6.45, 7) is 2.09. The molecule has 27 heavy (non-hydrogen) atoms. The van der Waals surface area contributed by atoms with Crippen molar-refractivity contribution in [1.29, 1.82) is 0 Å². The molecule has 3 atom stereocenters. The van der Waals surface area contributed by atoms with Crippen LogP contribution in [0.15, 0.2) is 60.7 Å². The molecule has 6 nitrogen and oxygen atoms in total. The van der Waals surface area contributed by atoms with E-state index in [1.54, 1.807) is 6.92 Å². The van der Waals surface area contributed by atoms with Crippen molar-refractivity contribution in [2.45, 2.75) is 38.1 Å². The SMILES string of the molecule is COC(=O)[C@H](Cc1ccccc1)NC(=O)[C@H](N)[C@H](C)OCc1ccccc1. The van der Waals surface area contributed by atoms with Gasteiger partial charge < -0.3 is 20.5 Å². The second-order valence-corrected chi connectivity index (χ2v) is 6.30. The third-order valence-corrected chi connectivity index (χ3v) is 4.25. The molecule has 0 fully saturated rings. The topological polar surface area (TPSA) is 90.7 Å². The van der Waals surface area contributed by atoms with Crippen LogP contribution in [-0.2, 0) is 32.1 Å². The standard InChI is InChI=1S/C21H26N2O4/c1-15(27-14-17-11-7-4-8-12-17)19(22)20(24)23-18(21(25)26-2)13-16-9-5-3-6-10-16/h3-12,15,18-19H,13-14,22H2,1-2H3,(H,23,24)/t15-,18-,19+/m0/s1. The lowest BCUT2D eigenvalue weighted by Gasteiger charge is -2.23. The minimum Gasteiger partial charge on any atom is -0.467 e. The molecule has 144 valence electrons. The summed E-state index contributed by atoms with van der Waals surface area (Å²) >= 11 is 0. The minimum atomic E-state index is -0.906. The molecule has 0 saturated carbocycles. The lowest BCUT2D eigenvalue weighted by atomic mass is 10.0. The van der Waals surface area contributed by atoms with Crippen molar-refractivity contribution in [3.8, 4) is 0 Å². The van der Waals surface area contributed by atoms with E-state index in [0.29, 0.717) is 13.0 Å². The van der Waals surface area contributed by atoms with Gasteiger partial charge >= 0.3 is 5.97 Å². The number of hydrogen-bond donors (Lipinski definition) is 2. The highest BCUT2D eigenvalue weighted by Gasteiger charge is 2.27. The quantitative estimate of drug-likeness (QED) is 0.657. The maximum Gasteiger partial charge on any atom is 0.328 e. The molecule has 0 spiro atoms. The third-order valence-electron chi connectivity index (χ3n) is 4.25. The fourth-order valence-electron chi connectivity index (χ4n) is 2.57. The number of esters is 1. The molecule has 0 aliphatic carbocycles. The van der Waals surface area contributed by atoms with Gasteiger partial charge in [-0.2, -0.15) is 0 Å². The average molecular weight is 370 g/mol. The van der Waals surface area contributed by atoms with Gasteiger partial charge in [-0.15, -0.1) is 0 Å². The molecule has 1 amide bonds. The molecule has 2 aromatic carbocycles.